The van der Waals surface area contributed by atoms with Crippen LogP contribution in [0.15, 0.2) is 70.0 Å². The van der Waals surface area contributed by atoms with Crippen LogP contribution in [0, 0.1) is 0 Å². The van der Waals surface area contributed by atoms with Gasteiger partial charge < -0.3 is 10.2 Å². The van der Waals surface area contributed by atoms with E-state index in [-0.39, 0.29) is 5.91 Å². The maximum absolute atomic E-state index is 12.2. The van der Waals surface area contributed by atoms with Crippen molar-refractivity contribution < 1.29 is 4.79 Å². The quantitative estimate of drug-likeness (QED) is 0.726. The van der Waals surface area contributed by atoms with Crippen LogP contribution in [0.3, 0.4) is 0 Å². The molecule has 0 saturated heterocycles. The number of amides is 1. The fourth-order valence-corrected chi connectivity index (χ4v) is 4.19. The van der Waals surface area contributed by atoms with Gasteiger partial charge in [-0.05, 0) is 24.3 Å². The Kier molecular flexibility index (Phi) is 5.17. The molecule has 0 bridgehead atoms. The molecular weight excluding hydrogens is 338 g/mol. The van der Waals surface area contributed by atoms with Gasteiger partial charge in [0.1, 0.15) is 5.00 Å². The molecule has 1 amide bonds. The third kappa shape index (κ3) is 3.96. The lowest BCUT2D eigenvalue weighted by Gasteiger charge is -2.15. The second-order valence-corrected chi connectivity index (χ2v) is 7.59. The number of thiazole rings is 1. The Bertz CT molecular complexity index is 831. The van der Waals surface area contributed by atoms with Gasteiger partial charge >= 0.3 is 0 Å². The molecule has 0 saturated carbocycles. The summed E-state index contributed by atoms with van der Waals surface area (Å²) in [5, 5.41) is 3.64. The zero-order chi connectivity index (χ0) is 16.9. The number of nitrogens with zero attached hydrogens (tertiary/aromatic N) is 2. The summed E-state index contributed by atoms with van der Waals surface area (Å²) in [6, 6.07) is 17.4. The summed E-state index contributed by atoms with van der Waals surface area (Å²) < 4.78 is 0.896. The molecule has 0 aliphatic carbocycles. The molecule has 6 heteroatoms. The first-order valence-electron chi connectivity index (χ1n) is 7.40. The van der Waals surface area contributed by atoms with E-state index in [1.807, 2.05) is 44.4 Å². The van der Waals surface area contributed by atoms with Crippen LogP contribution in [-0.4, -0.2) is 25.0 Å². The predicted molar refractivity (Wildman–Crippen MR) is 101 cm³/mol. The van der Waals surface area contributed by atoms with Gasteiger partial charge in [0.15, 0.2) is 4.34 Å². The molecule has 0 unspecified atom stereocenters. The topological polar surface area (TPSA) is 45.2 Å². The van der Waals surface area contributed by atoms with E-state index in [9.17, 15) is 4.79 Å². The van der Waals surface area contributed by atoms with Gasteiger partial charge in [0.25, 0.3) is 5.91 Å². The Balaban J connectivity index is 1.71. The summed E-state index contributed by atoms with van der Waals surface area (Å²) in [6.07, 6.45) is 1.70. The summed E-state index contributed by atoms with van der Waals surface area (Å²) in [4.78, 5) is 19.8. The molecule has 0 aliphatic rings. The third-order valence-electron chi connectivity index (χ3n) is 3.30. The highest BCUT2D eigenvalue weighted by molar-refractivity contribution is 8.01. The summed E-state index contributed by atoms with van der Waals surface area (Å²) in [5.41, 5.74) is 1.78. The maximum atomic E-state index is 12.2. The zero-order valence-electron chi connectivity index (χ0n) is 13.4. The van der Waals surface area contributed by atoms with Crippen molar-refractivity contribution in [1.82, 2.24) is 4.98 Å². The van der Waals surface area contributed by atoms with E-state index in [0.29, 0.717) is 5.56 Å². The number of hydrogen-bond acceptors (Lipinski definition) is 5. The Morgan fingerprint density at radius 1 is 1.08 bits per heavy atom. The van der Waals surface area contributed by atoms with Gasteiger partial charge in [0.05, 0.1) is 11.9 Å². The fourth-order valence-electron chi connectivity index (χ4n) is 2.14. The number of hydrogen-bond donors (Lipinski definition) is 1. The van der Waals surface area contributed by atoms with Gasteiger partial charge in [-0.25, -0.2) is 4.98 Å². The van der Waals surface area contributed by atoms with Crippen LogP contribution in [-0.2, 0) is 0 Å². The second kappa shape index (κ2) is 7.51. The smallest absolute Gasteiger partial charge is 0.256 e. The molecule has 0 fully saturated rings. The fraction of sp³-hybridized carbons (Fsp3) is 0.111. The van der Waals surface area contributed by atoms with Gasteiger partial charge in [-0.2, -0.15) is 0 Å². The molecule has 3 aromatic rings. The van der Waals surface area contributed by atoms with E-state index >= 15 is 0 Å². The first kappa shape index (κ1) is 16.5. The van der Waals surface area contributed by atoms with Crippen molar-refractivity contribution in [3.8, 4) is 0 Å². The third-order valence-corrected chi connectivity index (χ3v) is 5.35. The van der Waals surface area contributed by atoms with E-state index in [0.717, 1.165) is 19.9 Å². The van der Waals surface area contributed by atoms with Gasteiger partial charge in [-0.3, -0.25) is 4.79 Å². The number of anilines is 2. The molecule has 0 radical (unpaired) electrons. The van der Waals surface area contributed by atoms with Crippen molar-refractivity contribution in [2.75, 3.05) is 24.3 Å². The predicted octanol–water partition coefficient (Wildman–Crippen LogP) is 4.61. The standard InChI is InChI=1S/C18H17N3OS2/c1-21(2)14-10-6-7-11-15(14)23-18-19-12-16(24-18)20-17(22)13-8-4-3-5-9-13/h3-12H,1-2H3,(H,20,22). The first-order chi connectivity index (χ1) is 11.6. The Labute approximate surface area is 149 Å². The van der Waals surface area contributed by atoms with Crippen molar-refractivity contribution in [3.05, 3.63) is 66.4 Å². The summed E-state index contributed by atoms with van der Waals surface area (Å²) in [5.74, 6) is -0.121. The van der Waals surface area contributed by atoms with Crippen LogP contribution in [0.2, 0.25) is 0 Å². The molecule has 2 aromatic carbocycles. The van der Waals surface area contributed by atoms with Crippen LogP contribution in [0.4, 0.5) is 10.7 Å². The zero-order valence-corrected chi connectivity index (χ0v) is 15.0. The molecule has 4 nitrogen and oxygen atoms in total. The van der Waals surface area contributed by atoms with E-state index < -0.39 is 0 Å². The molecule has 122 valence electrons. The molecule has 0 spiro atoms. The minimum absolute atomic E-state index is 0.121. The maximum Gasteiger partial charge on any atom is 0.256 e. The lowest BCUT2D eigenvalue weighted by molar-refractivity contribution is 0.102. The summed E-state index contributed by atoms with van der Waals surface area (Å²) in [6.45, 7) is 0. The molecule has 1 heterocycles. The van der Waals surface area contributed by atoms with Crippen LogP contribution in [0.1, 0.15) is 10.4 Å². The highest BCUT2D eigenvalue weighted by Crippen LogP contribution is 2.37. The number of carbonyl (C=O) groups excluding carboxylic acids is 1. The Hall–Kier alpha value is -2.31. The second-order valence-electron chi connectivity index (χ2n) is 5.27. The molecule has 1 N–H and O–H groups in total. The molecular formula is C18H17N3OS2. The van der Waals surface area contributed by atoms with Crippen molar-refractivity contribution in [2.24, 2.45) is 0 Å². The van der Waals surface area contributed by atoms with Gasteiger partial charge in [0, 0.05) is 24.6 Å². The van der Waals surface area contributed by atoms with Crippen molar-refractivity contribution in [3.63, 3.8) is 0 Å². The largest absolute Gasteiger partial charge is 0.377 e. The molecule has 3 rings (SSSR count). The van der Waals surface area contributed by atoms with Crippen molar-refractivity contribution >= 4 is 39.7 Å². The number of para-hydroxylation sites is 1. The van der Waals surface area contributed by atoms with Crippen molar-refractivity contribution in [1.29, 1.82) is 0 Å². The minimum atomic E-state index is -0.121. The minimum Gasteiger partial charge on any atom is -0.377 e. The lowest BCUT2D eigenvalue weighted by Crippen LogP contribution is -2.10. The number of rotatable bonds is 5. The van der Waals surface area contributed by atoms with Crippen LogP contribution in [0.5, 0.6) is 0 Å². The van der Waals surface area contributed by atoms with Crippen LogP contribution < -0.4 is 10.2 Å². The normalized spacial score (nSPS) is 10.4. The molecule has 0 aliphatic heterocycles. The SMILES string of the molecule is CN(C)c1ccccc1Sc1ncc(NC(=O)c2ccccc2)s1. The van der Waals surface area contributed by atoms with E-state index in [1.54, 1.807) is 30.1 Å². The lowest BCUT2D eigenvalue weighted by atomic mass is 10.2. The summed E-state index contributed by atoms with van der Waals surface area (Å²) in [7, 11) is 4.04. The van der Waals surface area contributed by atoms with E-state index in [2.05, 4.69) is 27.3 Å². The Morgan fingerprint density at radius 3 is 2.54 bits per heavy atom. The highest BCUT2D eigenvalue weighted by atomic mass is 32.2. The molecule has 0 atom stereocenters. The number of benzene rings is 2. The molecule has 1 aromatic heterocycles. The summed E-state index contributed by atoms with van der Waals surface area (Å²) >= 11 is 3.07. The monoisotopic (exact) mass is 355 g/mol. The van der Waals surface area contributed by atoms with Crippen molar-refractivity contribution in [2.45, 2.75) is 9.24 Å². The first-order valence-corrected chi connectivity index (χ1v) is 9.03. The van der Waals surface area contributed by atoms with Gasteiger partial charge in [-0.15, -0.1) is 0 Å². The Morgan fingerprint density at radius 2 is 1.79 bits per heavy atom. The number of aromatic nitrogens is 1. The van der Waals surface area contributed by atoms with Crippen LogP contribution in [0.25, 0.3) is 0 Å². The van der Waals surface area contributed by atoms with Gasteiger partial charge in [-0.1, -0.05) is 53.4 Å². The van der Waals surface area contributed by atoms with E-state index in [4.69, 9.17) is 0 Å². The molecule has 24 heavy (non-hydrogen) atoms. The highest BCUT2D eigenvalue weighted by Gasteiger charge is 2.11. The average molecular weight is 355 g/mol. The number of nitrogens with one attached hydrogen (secondary N) is 1. The average Bonchev–Trinajstić information content (AvgIpc) is 3.03. The van der Waals surface area contributed by atoms with E-state index in [1.165, 1.54) is 11.3 Å². The van der Waals surface area contributed by atoms with Gasteiger partial charge in [0.2, 0.25) is 0 Å². The number of carbonyl (C=O) groups is 1. The van der Waals surface area contributed by atoms with Crippen LogP contribution >= 0.6 is 23.1 Å².